The van der Waals surface area contributed by atoms with Gasteiger partial charge in [0.25, 0.3) is 0 Å². The predicted molar refractivity (Wildman–Crippen MR) is 336 cm³/mol. The normalized spacial score (nSPS) is 49.1. The summed E-state index contributed by atoms with van der Waals surface area (Å²) in [5.74, 6) is -3.60. The van der Waals surface area contributed by atoms with E-state index in [0.717, 1.165) is 27.7 Å². The molecule has 109 heavy (non-hydrogen) atoms. The molecule has 27 N–H and O–H groups in total. The number of amides is 4. The lowest BCUT2D eigenvalue weighted by Crippen LogP contribution is -2.71. The molecule has 0 aliphatic carbocycles. The number of aliphatic hydroxyl groups excluding tert-OH is 23. The van der Waals surface area contributed by atoms with E-state index < -0.39 is 346 Å². The number of hydrogen-bond acceptors (Lipinski definition) is 44. The Morgan fingerprint density at radius 2 is 0.569 bits per heavy atom. The average molecular weight is 1600 g/mol. The quantitative estimate of drug-likeness (QED) is 0.0346. The van der Waals surface area contributed by atoms with Crippen LogP contribution in [-0.4, -0.2) is 464 Å². The van der Waals surface area contributed by atoms with Crippen LogP contribution in [-0.2, 0) is 99.7 Å². The number of hydrogen-bond donors (Lipinski definition) is 27. The van der Waals surface area contributed by atoms with Crippen LogP contribution in [0.1, 0.15) is 34.6 Å². The van der Waals surface area contributed by atoms with Crippen LogP contribution < -0.4 is 21.3 Å². The lowest BCUT2D eigenvalue weighted by molar-refractivity contribution is -0.407. The van der Waals surface area contributed by atoms with Crippen LogP contribution in [0.15, 0.2) is 0 Å². The summed E-state index contributed by atoms with van der Waals surface area (Å²) in [6.07, 6.45) is -82.8. The van der Waals surface area contributed by atoms with Gasteiger partial charge in [0.1, 0.15) is 207 Å². The Kier molecular flexibility index (Phi) is 31.8. The van der Waals surface area contributed by atoms with Gasteiger partial charge in [-0.05, 0) is 6.92 Å². The standard InChI is InChI=1S/C61H102N4O44/c1-14-31(77)41(87)45(91)57(94-14)105-48-30(65-18(5)76)53(92)95-25(12-72)47(48)104-56-29(64-17(4)75)40(86)46(24(11-71)101-56)103-61-52(109-58-44(90)36(82)23(10-70)98-58)49(106-60-51(43(89)35(81)22(9-69)100-60)108-55-28(63-16(3)74)39(85)33(79)20(7-67)97-55)37(83)26(102-61)13-93-59-50(42(88)34(80)21(8-68)99-59)107-54-27(62-15(2)73)38(84)32(78)19(6-66)96-54/h14,19-61,66-72,77-92H,6-13H2,1-5H3,(H,62,73)(H,63,74)(H,64,75)(H,65,76)/t14-,19+,20+,21+,22+,23+,24+,25+,26+,27+,28+,29+,30+,31+,32+,33+,34+,35+,36-,37+,38+,39+,40+,41+,42-,43-,44+,45-,46+,47+,48+,49-,50-,51-,52-,53?,54-,55-,56-,57-,58-,59-,60+,61-/m0/s1. The van der Waals surface area contributed by atoms with Crippen molar-refractivity contribution in [2.45, 2.75) is 305 Å². The summed E-state index contributed by atoms with van der Waals surface area (Å²) in [6.45, 7) is -3.76. The second-order valence-electron chi connectivity index (χ2n) is 27.7. The van der Waals surface area contributed by atoms with E-state index in [4.69, 9.17) is 80.5 Å². The number of carbonyl (C=O) groups is 4. The predicted octanol–water partition coefficient (Wildman–Crippen LogP) is -18.4. The van der Waals surface area contributed by atoms with Crippen LogP contribution in [0.5, 0.6) is 0 Å². The lowest BCUT2D eigenvalue weighted by Gasteiger charge is -2.52. The Bertz CT molecular complexity index is 2900. The molecule has 9 saturated heterocycles. The molecular formula is C61H102N4O44. The maximum atomic E-state index is 13.4. The zero-order valence-electron chi connectivity index (χ0n) is 58.9. The fourth-order valence-electron chi connectivity index (χ4n) is 14.2. The first-order chi connectivity index (χ1) is 51.6. The average Bonchev–Trinajstić information content (AvgIpc) is 1.28. The molecule has 9 aliphatic heterocycles. The second kappa shape index (κ2) is 38.8. The molecule has 0 spiro atoms. The van der Waals surface area contributed by atoms with E-state index in [2.05, 4.69) is 21.3 Å². The van der Waals surface area contributed by atoms with Crippen LogP contribution in [0.4, 0.5) is 0 Å². The van der Waals surface area contributed by atoms with Gasteiger partial charge in [-0.3, -0.25) is 19.2 Å². The third-order valence-electron chi connectivity index (χ3n) is 20.0. The van der Waals surface area contributed by atoms with Gasteiger partial charge in [-0.2, -0.15) is 0 Å². The highest BCUT2D eigenvalue weighted by atomic mass is 16.8. The monoisotopic (exact) mass is 1590 g/mol. The van der Waals surface area contributed by atoms with Crippen molar-refractivity contribution in [1.29, 1.82) is 0 Å². The molecule has 48 heteroatoms. The van der Waals surface area contributed by atoms with Gasteiger partial charge in [0.15, 0.2) is 56.6 Å². The van der Waals surface area contributed by atoms with E-state index in [1.54, 1.807) is 0 Å². The van der Waals surface area contributed by atoms with E-state index in [1.807, 2.05) is 0 Å². The summed E-state index contributed by atoms with van der Waals surface area (Å²) in [7, 11) is 0. The molecule has 44 atom stereocenters. The molecule has 48 nitrogen and oxygen atoms in total. The van der Waals surface area contributed by atoms with Crippen LogP contribution in [0.2, 0.25) is 0 Å². The van der Waals surface area contributed by atoms with Gasteiger partial charge in [0.05, 0.1) is 59.0 Å². The molecule has 0 aromatic heterocycles. The van der Waals surface area contributed by atoms with E-state index in [-0.39, 0.29) is 0 Å². The zero-order chi connectivity index (χ0) is 80.2. The van der Waals surface area contributed by atoms with Gasteiger partial charge >= 0.3 is 0 Å². The Labute approximate surface area is 618 Å². The lowest BCUT2D eigenvalue weighted by atomic mass is 9.93. The highest BCUT2D eigenvalue weighted by molar-refractivity contribution is 5.74. The van der Waals surface area contributed by atoms with Gasteiger partial charge in [0, 0.05) is 27.7 Å². The number of carbonyl (C=O) groups excluding carboxylic acids is 4. The van der Waals surface area contributed by atoms with Crippen molar-refractivity contribution in [3.63, 3.8) is 0 Å². The van der Waals surface area contributed by atoms with Crippen LogP contribution in [0.3, 0.4) is 0 Å². The SMILES string of the molecule is CC(=O)N[C@H]1[C@H](O[C@H]2[C@H](O[C@@H]3O[C@@H](C)[C@@H](O)[C@@H](O)[C@@H]3O)[C@@H](NC(C)=O)C(O)O[C@@H]2CO)O[C@H](CO)[C@@H](O[C@@H]2O[C@H](CO[C@H]3O[C@H](CO)[C@@H](O)[C@H](O)[C@@H]3O[C@@H]3O[C@H](CO)[C@@H](O)[C@H](O)[C@H]3NC(C)=O)[C@@H](O)[C@H](O[C@H]3O[C@H](CO)[C@@H](O)[C@H](O)[C@@H]3O[C@@H]3O[C@H](CO)[C@@H](O)[C@H](O)[C@H]3NC(C)=O)[C@@H]2O[C@@H]2O[C@H](CO)[C@H](O)[C@H]2O)[C@@H]1O. The molecule has 630 valence electrons. The minimum atomic E-state index is -2.52. The number of aliphatic hydroxyl groups is 23. The van der Waals surface area contributed by atoms with Gasteiger partial charge in [-0.1, -0.05) is 0 Å². The van der Waals surface area contributed by atoms with Crippen LogP contribution in [0, 0.1) is 0 Å². The summed E-state index contributed by atoms with van der Waals surface area (Å²) < 4.78 is 103. The van der Waals surface area contributed by atoms with E-state index in [1.165, 1.54) is 6.92 Å². The van der Waals surface area contributed by atoms with Crippen molar-refractivity contribution in [3.8, 4) is 0 Å². The van der Waals surface area contributed by atoms with Gasteiger partial charge in [-0.15, -0.1) is 0 Å². The van der Waals surface area contributed by atoms with Crippen LogP contribution in [0.25, 0.3) is 0 Å². The maximum absolute atomic E-state index is 13.4. The first kappa shape index (κ1) is 89.2. The Hall–Kier alpha value is -3.72. The van der Waals surface area contributed by atoms with Crippen LogP contribution >= 0.6 is 0 Å². The van der Waals surface area contributed by atoms with Gasteiger partial charge in [0.2, 0.25) is 23.6 Å². The molecular weight excluding hydrogens is 1490 g/mol. The fourth-order valence-corrected chi connectivity index (χ4v) is 14.2. The first-order valence-corrected chi connectivity index (χ1v) is 34.9. The smallest absolute Gasteiger partial charge is 0.217 e. The summed E-state index contributed by atoms with van der Waals surface area (Å²) in [4.78, 5) is 51.2. The summed E-state index contributed by atoms with van der Waals surface area (Å²) in [5.41, 5.74) is 0. The third kappa shape index (κ3) is 19.7. The molecule has 0 radical (unpaired) electrons. The summed E-state index contributed by atoms with van der Waals surface area (Å²) >= 11 is 0. The van der Waals surface area contributed by atoms with Crippen molar-refractivity contribution in [3.05, 3.63) is 0 Å². The Morgan fingerprint density at radius 1 is 0.257 bits per heavy atom. The summed E-state index contributed by atoms with van der Waals surface area (Å²) in [5, 5.41) is 266. The molecule has 1 unspecified atom stereocenters. The molecule has 0 bridgehead atoms. The Balaban J connectivity index is 1.14. The number of ether oxygens (including phenoxy) is 17. The molecule has 0 saturated carbocycles. The zero-order valence-corrected chi connectivity index (χ0v) is 58.9. The van der Waals surface area contributed by atoms with Crippen molar-refractivity contribution in [2.75, 3.05) is 52.9 Å². The number of nitrogens with one attached hydrogen (secondary N) is 4. The minimum Gasteiger partial charge on any atom is -0.394 e. The summed E-state index contributed by atoms with van der Waals surface area (Å²) in [6, 6.07) is -7.40. The third-order valence-corrected chi connectivity index (χ3v) is 20.0. The molecule has 0 aromatic carbocycles. The highest BCUT2D eigenvalue weighted by Gasteiger charge is 2.62. The largest absolute Gasteiger partial charge is 0.394 e. The molecule has 9 aliphatic rings. The van der Waals surface area contributed by atoms with E-state index >= 15 is 0 Å². The molecule has 9 heterocycles. The van der Waals surface area contributed by atoms with Gasteiger partial charge < -0.3 is 219 Å². The van der Waals surface area contributed by atoms with Crippen molar-refractivity contribution >= 4 is 23.6 Å². The maximum Gasteiger partial charge on any atom is 0.217 e. The molecule has 9 rings (SSSR count). The number of rotatable bonds is 28. The fraction of sp³-hybridized carbons (Fsp3) is 0.934. The van der Waals surface area contributed by atoms with Crippen molar-refractivity contribution in [2.24, 2.45) is 0 Å². The van der Waals surface area contributed by atoms with E-state index in [9.17, 15) is 137 Å². The molecule has 9 fully saturated rings. The minimum absolute atomic E-state index is 0.851. The van der Waals surface area contributed by atoms with Gasteiger partial charge in [-0.25, -0.2) is 0 Å². The highest BCUT2D eigenvalue weighted by Crippen LogP contribution is 2.41. The first-order valence-electron chi connectivity index (χ1n) is 34.9. The molecule has 0 aromatic rings. The Morgan fingerprint density at radius 3 is 1.04 bits per heavy atom. The second-order valence-corrected chi connectivity index (χ2v) is 27.7. The van der Waals surface area contributed by atoms with Crippen molar-refractivity contribution < 1.29 is 217 Å². The van der Waals surface area contributed by atoms with Crippen molar-refractivity contribution in [1.82, 2.24) is 21.3 Å². The molecule has 4 amide bonds. The van der Waals surface area contributed by atoms with E-state index in [0.29, 0.717) is 0 Å². The topological polar surface area (TPSA) is 739 Å².